The molecule has 15 heteroatoms. The van der Waals surface area contributed by atoms with E-state index in [4.69, 9.17) is 21.7 Å². The second-order valence-electron chi connectivity index (χ2n) is 10.1. The van der Waals surface area contributed by atoms with Gasteiger partial charge in [-0.1, -0.05) is 34.1 Å². The van der Waals surface area contributed by atoms with Gasteiger partial charge in [0.1, 0.15) is 24.2 Å². The molecule has 0 aliphatic heterocycles. The lowest BCUT2D eigenvalue weighted by molar-refractivity contribution is -0.143. The Morgan fingerprint density at radius 1 is 0.750 bits per heavy atom. The van der Waals surface area contributed by atoms with Gasteiger partial charge in [0, 0.05) is 6.42 Å². The average Bonchev–Trinajstić information content (AvgIpc) is 2.89. The van der Waals surface area contributed by atoms with Crippen LogP contribution in [0.3, 0.4) is 0 Å². The van der Waals surface area contributed by atoms with E-state index in [1.165, 1.54) is 0 Å². The van der Waals surface area contributed by atoms with Crippen LogP contribution in [0.2, 0.25) is 0 Å². The van der Waals surface area contributed by atoms with Crippen molar-refractivity contribution in [3.8, 4) is 0 Å². The molecule has 4 amide bonds. The van der Waals surface area contributed by atoms with E-state index in [1.54, 1.807) is 27.7 Å². The van der Waals surface area contributed by atoms with Gasteiger partial charge < -0.3 is 48.1 Å². The van der Waals surface area contributed by atoms with Crippen molar-refractivity contribution in [2.45, 2.75) is 96.4 Å². The summed E-state index contributed by atoms with van der Waals surface area (Å²) in [6.07, 6.45) is 1.21. The number of hydrogen-bond donors (Lipinski definition) is 9. The van der Waals surface area contributed by atoms with Crippen molar-refractivity contribution >= 4 is 35.6 Å². The first-order chi connectivity index (χ1) is 18.7. The Bertz CT molecular complexity index is 870. The number of aliphatic hydroxyl groups is 1. The van der Waals surface area contributed by atoms with Crippen molar-refractivity contribution in [3.05, 3.63) is 0 Å². The predicted molar refractivity (Wildman–Crippen MR) is 144 cm³/mol. The summed E-state index contributed by atoms with van der Waals surface area (Å²) in [7, 11) is 0. The Kier molecular flexibility index (Phi) is 17.3. The number of hydrogen-bond acceptors (Lipinski definition) is 9. The molecule has 0 spiro atoms. The molecular formula is C25H46N6O9. The van der Waals surface area contributed by atoms with Crippen LogP contribution in [0.1, 0.15) is 66.2 Å². The molecule has 15 nitrogen and oxygen atoms in total. The van der Waals surface area contributed by atoms with Crippen LogP contribution >= 0.6 is 0 Å². The van der Waals surface area contributed by atoms with Crippen molar-refractivity contribution in [2.24, 2.45) is 23.3 Å². The van der Waals surface area contributed by atoms with Crippen LogP contribution < -0.4 is 32.7 Å². The number of carbonyl (C=O) groups excluding carboxylic acids is 4. The van der Waals surface area contributed by atoms with E-state index < -0.39 is 84.2 Å². The topological polar surface area (TPSA) is 263 Å². The fourth-order valence-corrected chi connectivity index (χ4v) is 3.63. The SMILES string of the molecule is CC[C@H](C)[C@H](NC(=O)[C@@H](NC(=O)[C@H](CCCCN)NC(=O)[C@@H](N)CCC(=O)O)C(C)C)C(=O)N[C@@H](CO)C(=O)O. The number of amides is 4. The molecule has 0 unspecified atom stereocenters. The fraction of sp³-hybridized carbons (Fsp3) is 0.760. The Labute approximate surface area is 234 Å². The molecule has 0 heterocycles. The average molecular weight is 575 g/mol. The molecule has 0 aliphatic rings. The summed E-state index contributed by atoms with van der Waals surface area (Å²) in [4.78, 5) is 73.8. The van der Waals surface area contributed by atoms with Gasteiger partial charge >= 0.3 is 11.9 Å². The first-order valence-corrected chi connectivity index (χ1v) is 13.4. The third-order valence-corrected chi connectivity index (χ3v) is 6.42. The zero-order chi connectivity index (χ0) is 31.0. The lowest BCUT2D eigenvalue weighted by Gasteiger charge is -2.30. The third-order valence-electron chi connectivity index (χ3n) is 6.42. The van der Waals surface area contributed by atoms with Crippen LogP contribution in [0.15, 0.2) is 0 Å². The van der Waals surface area contributed by atoms with Crippen LogP contribution in [0.4, 0.5) is 0 Å². The molecular weight excluding hydrogens is 528 g/mol. The number of aliphatic carboxylic acids is 2. The van der Waals surface area contributed by atoms with Gasteiger partial charge in [-0.05, 0) is 44.1 Å². The van der Waals surface area contributed by atoms with E-state index in [0.29, 0.717) is 25.8 Å². The largest absolute Gasteiger partial charge is 0.481 e. The van der Waals surface area contributed by atoms with Crippen LogP contribution in [0.25, 0.3) is 0 Å². The van der Waals surface area contributed by atoms with Gasteiger partial charge in [0.15, 0.2) is 0 Å². The number of carbonyl (C=O) groups is 6. The fourth-order valence-electron chi connectivity index (χ4n) is 3.63. The van der Waals surface area contributed by atoms with Crippen LogP contribution in [-0.4, -0.2) is 94.2 Å². The number of nitrogens with two attached hydrogens (primary N) is 2. The standard InChI is InChI=1S/C25H46N6O9/c1-5-14(4)20(24(38)29-17(12-32)25(39)40)31-23(37)19(13(2)3)30-22(36)16(8-6-7-11-26)28-21(35)15(27)9-10-18(33)34/h13-17,19-20,32H,5-12,26-27H2,1-4H3,(H,28,35)(H,29,38)(H,30,36)(H,31,37)(H,33,34)(H,39,40)/t14-,15-,16-,17-,19-,20-/m0/s1. The molecule has 6 atom stereocenters. The molecule has 230 valence electrons. The molecule has 0 fully saturated rings. The molecule has 0 bridgehead atoms. The van der Waals surface area contributed by atoms with E-state index in [9.17, 15) is 33.9 Å². The van der Waals surface area contributed by atoms with E-state index >= 15 is 0 Å². The molecule has 0 saturated heterocycles. The highest BCUT2D eigenvalue weighted by Gasteiger charge is 2.34. The van der Waals surface area contributed by atoms with Crippen molar-refractivity contribution in [2.75, 3.05) is 13.2 Å². The summed E-state index contributed by atoms with van der Waals surface area (Å²) in [5.74, 6) is -6.34. The quantitative estimate of drug-likeness (QED) is 0.0719. The van der Waals surface area contributed by atoms with Gasteiger partial charge in [0.25, 0.3) is 0 Å². The second kappa shape index (κ2) is 18.9. The van der Waals surface area contributed by atoms with Crippen molar-refractivity contribution in [1.82, 2.24) is 21.3 Å². The summed E-state index contributed by atoms with van der Waals surface area (Å²) in [6.45, 7) is 6.30. The van der Waals surface area contributed by atoms with Gasteiger partial charge in [-0.2, -0.15) is 0 Å². The summed E-state index contributed by atoms with van der Waals surface area (Å²) in [6, 6.07) is -6.09. The normalized spacial score (nSPS) is 15.6. The lowest BCUT2D eigenvalue weighted by atomic mass is 9.96. The Morgan fingerprint density at radius 2 is 1.30 bits per heavy atom. The molecule has 40 heavy (non-hydrogen) atoms. The summed E-state index contributed by atoms with van der Waals surface area (Å²) in [5.41, 5.74) is 11.3. The van der Waals surface area contributed by atoms with Gasteiger partial charge in [-0.3, -0.25) is 24.0 Å². The number of carboxylic acid groups (broad SMARTS) is 2. The number of unbranched alkanes of at least 4 members (excludes halogenated alkanes) is 1. The molecule has 0 aromatic heterocycles. The molecule has 0 radical (unpaired) electrons. The number of carboxylic acids is 2. The number of aliphatic hydroxyl groups excluding tert-OH is 1. The minimum absolute atomic E-state index is 0.132. The van der Waals surface area contributed by atoms with Crippen LogP contribution in [0.5, 0.6) is 0 Å². The van der Waals surface area contributed by atoms with Crippen LogP contribution in [-0.2, 0) is 28.8 Å². The number of rotatable bonds is 20. The maximum atomic E-state index is 13.3. The summed E-state index contributed by atoms with van der Waals surface area (Å²) < 4.78 is 0. The van der Waals surface area contributed by atoms with Gasteiger partial charge in [0.05, 0.1) is 12.6 Å². The highest BCUT2D eigenvalue weighted by Crippen LogP contribution is 2.12. The number of nitrogens with one attached hydrogen (secondary N) is 4. The highest BCUT2D eigenvalue weighted by molar-refractivity contribution is 5.95. The minimum atomic E-state index is -1.56. The zero-order valence-electron chi connectivity index (χ0n) is 23.6. The second-order valence-corrected chi connectivity index (χ2v) is 10.1. The maximum absolute atomic E-state index is 13.3. The lowest BCUT2D eigenvalue weighted by Crippen LogP contribution is -2.60. The Balaban J connectivity index is 5.73. The zero-order valence-corrected chi connectivity index (χ0v) is 23.6. The maximum Gasteiger partial charge on any atom is 0.328 e. The van der Waals surface area contributed by atoms with Gasteiger partial charge in [-0.25, -0.2) is 4.79 Å². The summed E-state index contributed by atoms with van der Waals surface area (Å²) >= 11 is 0. The van der Waals surface area contributed by atoms with E-state index in [2.05, 4.69) is 21.3 Å². The summed E-state index contributed by atoms with van der Waals surface area (Å²) in [5, 5.41) is 37.1. The van der Waals surface area contributed by atoms with Gasteiger partial charge in [0.2, 0.25) is 23.6 Å². The van der Waals surface area contributed by atoms with E-state index in [1.807, 2.05) is 0 Å². The molecule has 0 aromatic carbocycles. The Morgan fingerprint density at radius 3 is 1.77 bits per heavy atom. The highest BCUT2D eigenvalue weighted by atomic mass is 16.4. The van der Waals surface area contributed by atoms with E-state index in [-0.39, 0.29) is 19.3 Å². The minimum Gasteiger partial charge on any atom is -0.481 e. The smallest absolute Gasteiger partial charge is 0.328 e. The molecule has 0 rings (SSSR count). The Hall–Kier alpha value is -3.30. The first-order valence-electron chi connectivity index (χ1n) is 13.4. The molecule has 0 saturated carbocycles. The van der Waals surface area contributed by atoms with Crippen LogP contribution in [0, 0.1) is 11.8 Å². The van der Waals surface area contributed by atoms with Crippen molar-refractivity contribution in [1.29, 1.82) is 0 Å². The van der Waals surface area contributed by atoms with Crippen molar-refractivity contribution in [3.63, 3.8) is 0 Å². The monoisotopic (exact) mass is 574 g/mol. The van der Waals surface area contributed by atoms with Gasteiger partial charge in [-0.15, -0.1) is 0 Å². The molecule has 0 aliphatic carbocycles. The first kappa shape index (κ1) is 36.7. The van der Waals surface area contributed by atoms with E-state index in [0.717, 1.165) is 0 Å². The molecule has 0 aromatic rings. The molecule has 11 N–H and O–H groups in total. The predicted octanol–water partition coefficient (Wildman–Crippen LogP) is -1.97. The third kappa shape index (κ3) is 13.2. The van der Waals surface area contributed by atoms with Crippen molar-refractivity contribution < 1.29 is 44.1 Å².